The average molecular weight is 385 g/mol. The van der Waals surface area contributed by atoms with Crippen LogP contribution in [0.25, 0.3) is 11.3 Å². The first kappa shape index (κ1) is 18.3. The molecule has 0 saturated heterocycles. The van der Waals surface area contributed by atoms with Gasteiger partial charge in [0.05, 0.1) is 18.1 Å². The van der Waals surface area contributed by atoms with E-state index in [1.807, 2.05) is 6.07 Å². The fraction of sp³-hybridized carbons (Fsp3) is 0.476. The van der Waals surface area contributed by atoms with Gasteiger partial charge in [-0.15, -0.1) is 0 Å². The number of ether oxygens (including phenoxy) is 1. The lowest BCUT2D eigenvalue weighted by atomic mass is 9.62. The molecule has 0 bridgehead atoms. The van der Waals surface area contributed by atoms with Crippen LogP contribution in [0.15, 0.2) is 34.2 Å². The van der Waals surface area contributed by atoms with E-state index in [2.05, 4.69) is 23.2 Å². The van der Waals surface area contributed by atoms with Crippen molar-refractivity contribution in [3.8, 4) is 11.3 Å². The van der Waals surface area contributed by atoms with Gasteiger partial charge in [0.25, 0.3) is 5.56 Å². The molecule has 1 N–H and O–H groups in total. The molecular weight excluding hydrogens is 360 g/mol. The number of aromatic nitrogens is 2. The predicted octanol–water partition coefficient (Wildman–Crippen LogP) is 3.85. The van der Waals surface area contributed by atoms with Crippen molar-refractivity contribution >= 4 is 17.7 Å². The molecule has 2 aliphatic rings. The van der Waals surface area contributed by atoms with E-state index in [1.165, 1.54) is 36.6 Å². The van der Waals surface area contributed by atoms with E-state index < -0.39 is 0 Å². The molecule has 0 amide bonds. The van der Waals surface area contributed by atoms with Gasteiger partial charge in [-0.25, -0.2) is 4.98 Å². The van der Waals surface area contributed by atoms with Crippen molar-refractivity contribution < 1.29 is 9.53 Å². The molecule has 1 aromatic heterocycles. The molecule has 0 unspecified atom stereocenters. The molecule has 1 saturated carbocycles. The lowest BCUT2D eigenvalue weighted by Gasteiger charge is -2.42. The van der Waals surface area contributed by atoms with Gasteiger partial charge >= 0.3 is 5.97 Å². The fourth-order valence-corrected chi connectivity index (χ4v) is 5.18. The van der Waals surface area contributed by atoms with Gasteiger partial charge in [0.2, 0.25) is 0 Å². The maximum Gasteiger partial charge on any atom is 0.316 e. The van der Waals surface area contributed by atoms with Crippen molar-refractivity contribution in [3.05, 3.63) is 45.7 Å². The molecule has 27 heavy (non-hydrogen) atoms. The van der Waals surface area contributed by atoms with Crippen LogP contribution in [0.4, 0.5) is 0 Å². The molecule has 0 atom stereocenters. The van der Waals surface area contributed by atoms with Gasteiger partial charge in [-0.05, 0) is 31.7 Å². The summed E-state index contributed by atoms with van der Waals surface area (Å²) in [4.78, 5) is 32.1. The number of carbonyl (C=O) groups excluding carboxylic acids is 1. The number of thioether (sulfide) groups is 1. The molecule has 0 radical (unpaired) electrons. The molecule has 6 heteroatoms. The normalized spacial score (nSPS) is 17.2. The van der Waals surface area contributed by atoms with Crippen LogP contribution in [-0.2, 0) is 21.4 Å². The van der Waals surface area contributed by atoms with Crippen molar-refractivity contribution in [3.63, 3.8) is 0 Å². The Morgan fingerprint density at radius 2 is 2.04 bits per heavy atom. The first-order chi connectivity index (χ1) is 13.1. The summed E-state index contributed by atoms with van der Waals surface area (Å²) in [5.41, 5.74) is 3.95. The highest BCUT2D eigenvalue weighted by Gasteiger charge is 2.41. The summed E-state index contributed by atoms with van der Waals surface area (Å²) in [5, 5.41) is 0.473. The summed E-state index contributed by atoms with van der Waals surface area (Å²) in [6.07, 6.45) is 6.70. The Labute approximate surface area is 162 Å². The van der Waals surface area contributed by atoms with Crippen LogP contribution in [0, 0.1) is 0 Å². The Kier molecular flexibility index (Phi) is 5.08. The second-order valence-corrected chi connectivity index (χ2v) is 8.32. The van der Waals surface area contributed by atoms with Gasteiger partial charge in [0.1, 0.15) is 0 Å². The second-order valence-electron chi connectivity index (χ2n) is 7.36. The summed E-state index contributed by atoms with van der Waals surface area (Å²) < 4.78 is 4.96. The average Bonchev–Trinajstić information content (AvgIpc) is 2.69. The molecule has 2 aromatic rings. The van der Waals surface area contributed by atoms with Crippen LogP contribution in [0.5, 0.6) is 0 Å². The number of hydrogen-bond acceptors (Lipinski definition) is 5. The molecular formula is C21H24N2O3S. The minimum absolute atomic E-state index is 0.0656. The topological polar surface area (TPSA) is 72.0 Å². The van der Waals surface area contributed by atoms with Crippen LogP contribution < -0.4 is 5.56 Å². The largest absolute Gasteiger partial charge is 0.465 e. The molecule has 2 aliphatic carbocycles. The van der Waals surface area contributed by atoms with Gasteiger partial charge < -0.3 is 9.72 Å². The number of fused-ring (bicyclic) bond motifs is 4. The Morgan fingerprint density at radius 1 is 1.26 bits per heavy atom. The summed E-state index contributed by atoms with van der Waals surface area (Å²) in [7, 11) is 0. The van der Waals surface area contributed by atoms with Crippen molar-refractivity contribution in [2.45, 2.75) is 56.0 Å². The van der Waals surface area contributed by atoms with Gasteiger partial charge in [-0.2, -0.15) is 0 Å². The van der Waals surface area contributed by atoms with E-state index in [-0.39, 0.29) is 22.7 Å². The lowest BCUT2D eigenvalue weighted by molar-refractivity contribution is -0.139. The van der Waals surface area contributed by atoms with Crippen molar-refractivity contribution in [1.82, 2.24) is 9.97 Å². The molecule has 142 valence electrons. The Hall–Kier alpha value is -2.08. The quantitative estimate of drug-likeness (QED) is 0.492. The van der Waals surface area contributed by atoms with Crippen LogP contribution in [0.2, 0.25) is 0 Å². The van der Waals surface area contributed by atoms with Gasteiger partial charge in [-0.1, -0.05) is 55.3 Å². The molecule has 5 nitrogen and oxygen atoms in total. The SMILES string of the molecule is CCOC(=O)CSc1nc2c(c(=O)[nH]1)CC1(CCCCC1)c1ccccc1-2. The zero-order valence-corrected chi connectivity index (χ0v) is 16.4. The molecule has 1 spiro atoms. The van der Waals surface area contributed by atoms with E-state index >= 15 is 0 Å². The van der Waals surface area contributed by atoms with Gasteiger partial charge in [0, 0.05) is 16.5 Å². The zero-order chi connectivity index (χ0) is 18.9. The first-order valence-corrected chi connectivity index (χ1v) is 10.6. The molecule has 0 aliphatic heterocycles. The van der Waals surface area contributed by atoms with Crippen molar-refractivity contribution in [1.29, 1.82) is 0 Å². The van der Waals surface area contributed by atoms with E-state index in [0.29, 0.717) is 11.8 Å². The summed E-state index contributed by atoms with van der Waals surface area (Å²) in [5.74, 6) is -0.161. The number of esters is 1. The maximum atomic E-state index is 12.9. The maximum absolute atomic E-state index is 12.9. The van der Waals surface area contributed by atoms with Crippen molar-refractivity contribution in [2.75, 3.05) is 12.4 Å². The van der Waals surface area contributed by atoms with Crippen molar-refractivity contribution in [2.24, 2.45) is 0 Å². The number of aromatic amines is 1. The smallest absolute Gasteiger partial charge is 0.316 e. The third kappa shape index (κ3) is 3.43. The number of H-pyrrole nitrogens is 1. The van der Waals surface area contributed by atoms with E-state index in [4.69, 9.17) is 9.72 Å². The number of hydrogen-bond donors (Lipinski definition) is 1. The van der Waals surface area contributed by atoms with Crippen LogP contribution in [-0.4, -0.2) is 28.3 Å². The standard InChI is InChI=1S/C21H24N2O3S/c1-2-26-17(24)13-27-20-22-18-14-8-4-5-9-16(14)21(10-6-3-7-11-21)12-15(18)19(25)23-20/h4-5,8-9H,2-3,6-7,10-13H2,1H3,(H,22,23,25). The number of rotatable bonds is 4. The van der Waals surface area contributed by atoms with Gasteiger partial charge in [0.15, 0.2) is 5.16 Å². The lowest BCUT2D eigenvalue weighted by Crippen LogP contribution is -2.38. The third-order valence-corrected chi connectivity index (χ3v) is 6.55. The van der Waals surface area contributed by atoms with Crippen LogP contribution in [0.3, 0.4) is 0 Å². The predicted molar refractivity (Wildman–Crippen MR) is 106 cm³/mol. The number of benzene rings is 1. The number of nitrogens with one attached hydrogen (secondary N) is 1. The first-order valence-electron chi connectivity index (χ1n) is 9.64. The highest BCUT2D eigenvalue weighted by molar-refractivity contribution is 7.99. The number of carbonyl (C=O) groups is 1. The fourth-order valence-electron chi connectivity index (χ4n) is 4.52. The highest BCUT2D eigenvalue weighted by atomic mass is 32.2. The zero-order valence-electron chi connectivity index (χ0n) is 15.5. The molecule has 1 fully saturated rings. The highest BCUT2D eigenvalue weighted by Crippen LogP contribution is 2.49. The Morgan fingerprint density at radius 3 is 2.81 bits per heavy atom. The van der Waals surface area contributed by atoms with E-state index in [9.17, 15) is 9.59 Å². The summed E-state index contributed by atoms with van der Waals surface area (Å²) in [6, 6.07) is 8.39. The Balaban J connectivity index is 1.73. The minimum Gasteiger partial charge on any atom is -0.465 e. The molecule has 1 heterocycles. The van der Waals surface area contributed by atoms with E-state index in [0.717, 1.165) is 36.1 Å². The second kappa shape index (κ2) is 7.50. The Bertz CT molecular complexity index is 916. The minimum atomic E-state index is -0.301. The summed E-state index contributed by atoms with van der Waals surface area (Å²) in [6.45, 7) is 2.13. The van der Waals surface area contributed by atoms with Gasteiger partial charge in [-0.3, -0.25) is 9.59 Å². The van der Waals surface area contributed by atoms with Crippen LogP contribution in [0.1, 0.15) is 50.2 Å². The number of nitrogens with zero attached hydrogens (tertiary/aromatic N) is 1. The third-order valence-electron chi connectivity index (χ3n) is 5.71. The van der Waals surface area contributed by atoms with Crippen LogP contribution >= 0.6 is 11.8 Å². The van der Waals surface area contributed by atoms with E-state index in [1.54, 1.807) is 6.92 Å². The molecule has 1 aromatic carbocycles. The monoisotopic (exact) mass is 384 g/mol. The molecule has 4 rings (SSSR count). The summed E-state index contributed by atoms with van der Waals surface area (Å²) >= 11 is 1.22.